The van der Waals surface area contributed by atoms with Crippen molar-refractivity contribution in [1.82, 2.24) is 0 Å². The Bertz CT molecular complexity index is 443. The zero-order valence-corrected chi connectivity index (χ0v) is 7.43. The highest BCUT2D eigenvalue weighted by Gasteiger charge is 2.31. The third-order valence-electron chi connectivity index (χ3n) is 1.71. The molecule has 1 aromatic rings. The Morgan fingerprint density at radius 1 is 1.33 bits per heavy atom. The smallest absolute Gasteiger partial charge is 0.366 e. The van der Waals surface area contributed by atoms with Crippen molar-refractivity contribution in [2.45, 2.75) is 6.18 Å². The van der Waals surface area contributed by atoms with E-state index in [-0.39, 0.29) is 11.1 Å². The Morgan fingerprint density at radius 2 is 1.93 bits per heavy atom. The Hall–Kier alpha value is -1.96. The summed E-state index contributed by atoms with van der Waals surface area (Å²) in [7, 11) is 0. The summed E-state index contributed by atoms with van der Waals surface area (Å²) in [5.41, 5.74) is 3.61. The maximum Gasteiger partial charge on any atom is 0.416 e. The maximum absolute atomic E-state index is 12.3. The molecule has 0 fully saturated rings. The monoisotopic (exact) mass is 213 g/mol. The van der Waals surface area contributed by atoms with Gasteiger partial charge >= 0.3 is 6.18 Å². The molecule has 78 valence electrons. The second-order valence-corrected chi connectivity index (χ2v) is 2.81. The van der Waals surface area contributed by atoms with Crippen molar-refractivity contribution >= 4 is 5.91 Å². The summed E-state index contributed by atoms with van der Waals surface area (Å²) in [6, 6.07) is 2.59. The normalized spacial score (nSPS) is 10.8. The lowest BCUT2D eigenvalue weighted by Crippen LogP contribution is -2.14. The zero-order chi connectivity index (χ0) is 11.6. The van der Waals surface area contributed by atoms with E-state index >= 15 is 0 Å². The largest absolute Gasteiger partial charge is 0.416 e. The number of carbonyl (C=O) groups excluding carboxylic acids is 1. The minimum Gasteiger partial charge on any atom is -0.366 e. The molecule has 1 amide bonds. The van der Waals surface area contributed by atoms with Crippen molar-refractivity contribution < 1.29 is 18.0 Å². The van der Waals surface area contributed by atoms with Gasteiger partial charge in [0.2, 0.25) is 5.91 Å². The van der Waals surface area contributed by atoms with Gasteiger partial charge in [-0.3, -0.25) is 4.79 Å². The van der Waals surface area contributed by atoms with Crippen LogP contribution in [0.2, 0.25) is 0 Å². The first kappa shape index (κ1) is 11.1. The van der Waals surface area contributed by atoms with Gasteiger partial charge in [0.15, 0.2) is 0 Å². The molecular weight excluding hydrogens is 207 g/mol. The molecule has 1 aromatic carbocycles. The SMILES string of the molecule is C#Cc1cc(C(N)=O)cc(C(F)(F)F)c1. The van der Waals surface area contributed by atoms with Crippen LogP contribution in [-0.2, 0) is 6.18 Å². The number of terminal acetylenes is 1. The van der Waals surface area contributed by atoms with E-state index in [9.17, 15) is 18.0 Å². The van der Waals surface area contributed by atoms with E-state index in [0.717, 1.165) is 12.1 Å². The van der Waals surface area contributed by atoms with Gasteiger partial charge in [-0.05, 0) is 18.2 Å². The van der Waals surface area contributed by atoms with Crippen molar-refractivity contribution in [3.8, 4) is 12.3 Å². The molecule has 0 bridgehead atoms. The fourth-order valence-electron chi connectivity index (χ4n) is 1.02. The minimum atomic E-state index is -4.54. The van der Waals surface area contributed by atoms with Gasteiger partial charge in [-0.25, -0.2) is 0 Å². The summed E-state index contributed by atoms with van der Waals surface area (Å²) in [5.74, 6) is 1.08. The molecule has 0 aliphatic heterocycles. The number of carbonyl (C=O) groups is 1. The molecule has 0 radical (unpaired) electrons. The summed E-state index contributed by atoms with van der Waals surface area (Å²) in [4.78, 5) is 10.7. The topological polar surface area (TPSA) is 43.1 Å². The first-order valence-electron chi connectivity index (χ1n) is 3.83. The number of halogens is 3. The molecule has 1 rings (SSSR count). The fourth-order valence-corrected chi connectivity index (χ4v) is 1.02. The first-order valence-corrected chi connectivity index (χ1v) is 3.83. The quantitative estimate of drug-likeness (QED) is 0.710. The molecule has 0 atom stereocenters. The summed E-state index contributed by atoms with van der Waals surface area (Å²) in [6.07, 6.45) is 0.417. The number of amides is 1. The van der Waals surface area contributed by atoms with Crippen molar-refractivity contribution in [3.63, 3.8) is 0 Å². The van der Waals surface area contributed by atoms with Crippen molar-refractivity contribution in [2.24, 2.45) is 5.73 Å². The highest BCUT2D eigenvalue weighted by molar-refractivity contribution is 5.93. The predicted octanol–water partition coefficient (Wildman–Crippen LogP) is 1.79. The van der Waals surface area contributed by atoms with Gasteiger partial charge in [-0.2, -0.15) is 13.2 Å². The van der Waals surface area contributed by atoms with E-state index < -0.39 is 17.6 Å². The number of hydrogen-bond donors (Lipinski definition) is 1. The molecule has 15 heavy (non-hydrogen) atoms. The molecule has 0 spiro atoms. The predicted molar refractivity (Wildman–Crippen MR) is 47.9 cm³/mol. The maximum atomic E-state index is 12.3. The third-order valence-corrected chi connectivity index (χ3v) is 1.71. The van der Waals surface area contributed by atoms with Crippen LogP contribution >= 0.6 is 0 Å². The van der Waals surface area contributed by atoms with Crippen LogP contribution in [0.1, 0.15) is 21.5 Å². The second kappa shape index (κ2) is 3.65. The number of alkyl halides is 3. The Kier molecular flexibility index (Phi) is 2.71. The van der Waals surface area contributed by atoms with E-state index in [1.807, 2.05) is 5.92 Å². The van der Waals surface area contributed by atoms with Gasteiger partial charge in [0.25, 0.3) is 0 Å². The first-order chi connectivity index (χ1) is 6.84. The Balaban J connectivity index is 3.38. The average Bonchev–Trinajstić information content (AvgIpc) is 2.15. The van der Waals surface area contributed by atoms with Crippen LogP contribution in [0.4, 0.5) is 13.2 Å². The van der Waals surface area contributed by atoms with Gasteiger partial charge in [0, 0.05) is 11.1 Å². The van der Waals surface area contributed by atoms with Gasteiger partial charge < -0.3 is 5.73 Å². The number of primary amides is 1. The van der Waals surface area contributed by atoms with E-state index in [1.165, 1.54) is 0 Å². The van der Waals surface area contributed by atoms with Crippen LogP contribution in [0.25, 0.3) is 0 Å². The standard InChI is InChI=1S/C10H6F3NO/c1-2-6-3-7(9(14)15)5-8(4-6)10(11,12)13/h1,3-5H,(H2,14,15). The lowest BCUT2D eigenvalue weighted by Gasteiger charge is -2.08. The average molecular weight is 213 g/mol. The molecule has 0 heterocycles. The van der Waals surface area contributed by atoms with Crippen molar-refractivity contribution in [2.75, 3.05) is 0 Å². The van der Waals surface area contributed by atoms with Crippen LogP contribution in [0, 0.1) is 12.3 Å². The summed E-state index contributed by atoms with van der Waals surface area (Å²) >= 11 is 0. The minimum absolute atomic E-state index is 0.0291. The zero-order valence-electron chi connectivity index (χ0n) is 7.43. The molecular formula is C10H6F3NO. The van der Waals surface area contributed by atoms with E-state index in [2.05, 4.69) is 0 Å². The highest BCUT2D eigenvalue weighted by atomic mass is 19.4. The number of hydrogen-bond acceptors (Lipinski definition) is 1. The second-order valence-electron chi connectivity index (χ2n) is 2.81. The lowest BCUT2D eigenvalue weighted by atomic mass is 10.1. The van der Waals surface area contributed by atoms with Gasteiger partial charge in [-0.15, -0.1) is 6.42 Å². The van der Waals surface area contributed by atoms with Gasteiger partial charge in [-0.1, -0.05) is 5.92 Å². The third kappa shape index (κ3) is 2.50. The summed E-state index contributed by atoms with van der Waals surface area (Å²) in [6.45, 7) is 0. The molecule has 0 aliphatic carbocycles. The molecule has 0 aliphatic rings. The summed E-state index contributed by atoms with van der Waals surface area (Å²) in [5, 5.41) is 0. The molecule has 0 aromatic heterocycles. The lowest BCUT2D eigenvalue weighted by molar-refractivity contribution is -0.137. The molecule has 2 nitrogen and oxygen atoms in total. The molecule has 0 saturated heterocycles. The van der Waals surface area contributed by atoms with Gasteiger partial charge in [0.1, 0.15) is 0 Å². The Morgan fingerprint density at radius 3 is 2.33 bits per heavy atom. The van der Waals surface area contributed by atoms with Crippen LogP contribution in [0.5, 0.6) is 0 Å². The number of rotatable bonds is 1. The number of benzene rings is 1. The van der Waals surface area contributed by atoms with Crippen molar-refractivity contribution in [3.05, 3.63) is 34.9 Å². The van der Waals surface area contributed by atoms with Gasteiger partial charge in [0.05, 0.1) is 5.56 Å². The van der Waals surface area contributed by atoms with Crippen LogP contribution in [-0.4, -0.2) is 5.91 Å². The molecule has 0 saturated carbocycles. The molecule has 0 unspecified atom stereocenters. The van der Waals surface area contributed by atoms with Crippen molar-refractivity contribution in [1.29, 1.82) is 0 Å². The van der Waals surface area contributed by atoms with E-state index in [0.29, 0.717) is 6.07 Å². The van der Waals surface area contributed by atoms with E-state index in [4.69, 9.17) is 12.2 Å². The highest BCUT2D eigenvalue weighted by Crippen LogP contribution is 2.30. The molecule has 5 heteroatoms. The number of nitrogens with two attached hydrogens (primary N) is 1. The van der Waals surface area contributed by atoms with Crippen LogP contribution < -0.4 is 5.73 Å². The van der Waals surface area contributed by atoms with Crippen LogP contribution in [0.15, 0.2) is 18.2 Å². The fraction of sp³-hybridized carbons (Fsp3) is 0.100. The van der Waals surface area contributed by atoms with Crippen LogP contribution in [0.3, 0.4) is 0 Å². The summed E-state index contributed by atoms with van der Waals surface area (Å²) < 4.78 is 37.0. The van der Waals surface area contributed by atoms with E-state index in [1.54, 1.807) is 0 Å². The Labute approximate surface area is 83.9 Å². The molecule has 2 N–H and O–H groups in total.